The predicted octanol–water partition coefficient (Wildman–Crippen LogP) is 6.25. The highest BCUT2D eigenvalue weighted by molar-refractivity contribution is 6.27. The van der Waals surface area contributed by atoms with Crippen molar-refractivity contribution in [1.82, 2.24) is 14.8 Å². The Hall–Kier alpha value is -3.45. The van der Waals surface area contributed by atoms with Gasteiger partial charge in [0.2, 0.25) is 5.43 Å². The first kappa shape index (κ1) is 47.7. The summed E-state index contributed by atoms with van der Waals surface area (Å²) in [5.41, 5.74) is 1.06. The van der Waals surface area contributed by atoms with E-state index in [-0.39, 0.29) is 5.43 Å². The summed E-state index contributed by atoms with van der Waals surface area (Å²) >= 11 is 0. The summed E-state index contributed by atoms with van der Waals surface area (Å²) < 4.78 is 8.09. The maximum Gasteiger partial charge on any atom is 0.414 e. The molecule has 0 aliphatic carbocycles. The van der Waals surface area contributed by atoms with Gasteiger partial charge in [0.05, 0.1) is 12.8 Å². The summed E-state index contributed by atoms with van der Waals surface area (Å²) in [6.45, 7) is 8.75. The first-order valence-electron chi connectivity index (χ1n) is 18.0. The van der Waals surface area contributed by atoms with Crippen molar-refractivity contribution in [3.63, 3.8) is 0 Å². The van der Waals surface area contributed by atoms with E-state index in [2.05, 4.69) is 42.7 Å². The van der Waals surface area contributed by atoms with Gasteiger partial charge in [0.1, 0.15) is 0 Å². The lowest BCUT2D eigenvalue weighted by Gasteiger charge is -2.16. The lowest BCUT2D eigenvalue weighted by Crippen LogP contribution is -2.24. The van der Waals surface area contributed by atoms with Crippen LogP contribution in [0.2, 0.25) is 0 Å². The number of carbonyl (C=O) groups is 4. The molecule has 1 aromatic heterocycles. The minimum absolute atomic E-state index is 0.00828. The van der Waals surface area contributed by atoms with Crippen LogP contribution in [0.3, 0.4) is 0 Å². The fourth-order valence-corrected chi connectivity index (χ4v) is 4.87. The minimum Gasteiger partial charge on any atom is -0.488 e. The second-order valence-corrected chi connectivity index (χ2v) is 12.4. The van der Waals surface area contributed by atoms with Crippen LogP contribution in [0.1, 0.15) is 135 Å². The van der Waals surface area contributed by atoms with E-state index in [0.717, 1.165) is 51.1 Å². The number of aliphatic carboxylic acids is 4. The number of unbranched alkanes of at least 4 members (excludes halogenated alkanes) is 15. The molecule has 0 radical (unpaired) electrons. The summed E-state index contributed by atoms with van der Waals surface area (Å²) in [6.07, 6.45) is 25.9. The highest BCUT2D eigenvalue weighted by atomic mass is 16.5. The summed E-state index contributed by atoms with van der Waals surface area (Å²) in [6, 6.07) is 1.76. The number of nitrogens with zero attached hydrogens (tertiary/aromatic N) is 2. The van der Waals surface area contributed by atoms with Crippen molar-refractivity contribution in [2.24, 2.45) is 0 Å². The molecule has 13 heteroatoms. The number of nitrogens with one attached hydrogen (secondary N) is 1. The third kappa shape index (κ3) is 31.6. The van der Waals surface area contributed by atoms with Crippen LogP contribution >= 0.6 is 0 Å². The van der Waals surface area contributed by atoms with Crippen LogP contribution in [0.25, 0.3) is 0 Å². The molecule has 13 nitrogen and oxygen atoms in total. The number of pyridine rings is 1. The maximum atomic E-state index is 12.6. The Balaban J connectivity index is 0. The van der Waals surface area contributed by atoms with Crippen molar-refractivity contribution in [3.05, 3.63) is 28.2 Å². The molecule has 1 rings (SSSR count). The average molecular weight is 700 g/mol. The fraction of sp³-hybridized carbons (Fsp3) is 0.750. The molecule has 0 aromatic carbocycles. The van der Waals surface area contributed by atoms with Crippen LogP contribution in [0.5, 0.6) is 5.75 Å². The molecule has 0 aliphatic rings. The Kier molecular flexibility index (Phi) is 32.2. The van der Waals surface area contributed by atoms with Gasteiger partial charge in [-0.15, -0.1) is 0 Å². The van der Waals surface area contributed by atoms with Gasteiger partial charge in [0.15, 0.2) is 5.75 Å². The van der Waals surface area contributed by atoms with Crippen molar-refractivity contribution < 1.29 is 44.3 Å². The summed E-state index contributed by atoms with van der Waals surface area (Å²) in [4.78, 5) is 51.2. The van der Waals surface area contributed by atoms with Crippen molar-refractivity contribution in [2.45, 2.75) is 143 Å². The van der Waals surface area contributed by atoms with Gasteiger partial charge >= 0.3 is 23.9 Å². The Labute approximate surface area is 293 Å². The van der Waals surface area contributed by atoms with Gasteiger partial charge in [-0.25, -0.2) is 19.2 Å². The first-order chi connectivity index (χ1) is 23.4. The minimum atomic E-state index is -1.82. The number of ether oxygens (including phenoxy) is 1. The molecule has 5 N–H and O–H groups in total. The monoisotopic (exact) mass is 699 g/mol. The molecule has 0 atom stereocenters. The quantitative estimate of drug-likeness (QED) is 0.0539. The fourth-order valence-electron chi connectivity index (χ4n) is 4.87. The Morgan fingerprint density at radius 3 is 1.49 bits per heavy atom. The SMILES string of the molecule is CCCCCCCCCCCCCCCCCCOc1cn(CCC)c(CNCCCN(C)C)cc1=O.O=C(O)C(=O)O.O=C(O)C(=O)O. The van der Waals surface area contributed by atoms with Gasteiger partial charge in [0, 0.05) is 24.8 Å². The van der Waals surface area contributed by atoms with Crippen molar-refractivity contribution >= 4 is 23.9 Å². The molecule has 0 spiro atoms. The third-order valence-electron chi connectivity index (χ3n) is 7.53. The van der Waals surface area contributed by atoms with E-state index in [1.807, 2.05) is 6.20 Å². The van der Waals surface area contributed by atoms with E-state index in [0.29, 0.717) is 12.4 Å². The lowest BCUT2D eigenvalue weighted by molar-refractivity contribution is -0.159. The molecule has 0 amide bonds. The van der Waals surface area contributed by atoms with Gasteiger partial charge < -0.3 is 39.9 Å². The van der Waals surface area contributed by atoms with Crippen molar-refractivity contribution in [2.75, 3.05) is 33.8 Å². The number of carboxylic acid groups (broad SMARTS) is 4. The number of aryl methyl sites for hydroxylation is 1. The third-order valence-corrected chi connectivity index (χ3v) is 7.53. The molecule has 1 heterocycles. The molecule has 49 heavy (non-hydrogen) atoms. The average Bonchev–Trinajstić information content (AvgIpc) is 3.04. The summed E-state index contributed by atoms with van der Waals surface area (Å²) in [7, 11) is 4.19. The van der Waals surface area contributed by atoms with Gasteiger partial charge in [-0.2, -0.15) is 0 Å². The van der Waals surface area contributed by atoms with Crippen LogP contribution in [0, 0.1) is 0 Å². The second kappa shape index (κ2) is 33.1. The van der Waals surface area contributed by atoms with Crippen molar-refractivity contribution in [3.8, 4) is 5.75 Å². The number of hydrogen-bond donors (Lipinski definition) is 5. The number of rotatable bonds is 26. The second-order valence-electron chi connectivity index (χ2n) is 12.4. The van der Waals surface area contributed by atoms with Crippen LogP contribution in [-0.4, -0.2) is 87.6 Å². The Bertz CT molecular complexity index is 1030. The zero-order valence-corrected chi connectivity index (χ0v) is 30.6. The molecule has 1 aromatic rings. The van der Waals surface area contributed by atoms with Crippen LogP contribution < -0.4 is 15.5 Å². The smallest absolute Gasteiger partial charge is 0.414 e. The summed E-state index contributed by atoms with van der Waals surface area (Å²) in [5.74, 6) is -6.79. The van der Waals surface area contributed by atoms with Gasteiger partial charge in [-0.3, -0.25) is 4.79 Å². The molecule has 0 bridgehead atoms. The van der Waals surface area contributed by atoms with E-state index in [4.69, 9.17) is 44.3 Å². The molecule has 0 saturated heterocycles. The van der Waals surface area contributed by atoms with Gasteiger partial charge in [0.25, 0.3) is 0 Å². The highest BCUT2D eigenvalue weighted by Gasteiger charge is 2.08. The van der Waals surface area contributed by atoms with E-state index in [1.54, 1.807) is 6.07 Å². The Morgan fingerprint density at radius 1 is 0.673 bits per heavy atom. The molecule has 0 fully saturated rings. The molecule has 0 aliphatic heterocycles. The van der Waals surface area contributed by atoms with Crippen LogP contribution in [-0.2, 0) is 32.3 Å². The van der Waals surface area contributed by atoms with Crippen LogP contribution in [0.15, 0.2) is 17.1 Å². The highest BCUT2D eigenvalue weighted by Crippen LogP contribution is 2.14. The topological polar surface area (TPSA) is 196 Å². The first-order valence-corrected chi connectivity index (χ1v) is 18.0. The van der Waals surface area contributed by atoms with Gasteiger partial charge in [-0.05, 0) is 46.4 Å². The molecule has 0 saturated carbocycles. The molecular formula is C36H65N3O10. The van der Waals surface area contributed by atoms with E-state index < -0.39 is 23.9 Å². The van der Waals surface area contributed by atoms with Gasteiger partial charge in [-0.1, -0.05) is 110 Å². The van der Waals surface area contributed by atoms with Crippen molar-refractivity contribution in [1.29, 1.82) is 0 Å². The molecule has 284 valence electrons. The van der Waals surface area contributed by atoms with E-state index in [1.165, 1.54) is 96.3 Å². The largest absolute Gasteiger partial charge is 0.488 e. The summed E-state index contributed by atoms with van der Waals surface area (Å²) in [5, 5.41) is 33.0. The normalized spacial score (nSPS) is 10.5. The van der Waals surface area contributed by atoms with Crippen LogP contribution in [0.4, 0.5) is 0 Å². The lowest BCUT2D eigenvalue weighted by atomic mass is 10.0. The maximum absolute atomic E-state index is 12.6. The zero-order valence-electron chi connectivity index (χ0n) is 30.6. The standard InChI is InChI=1S/C32H61N3O2.2C2H2O4/c1-5-7-8-9-10-11-12-13-14-15-16-17-18-19-20-21-26-37-32-29-35(24-6-2)30(27-31(32)36)28-33-23-22-25-34(3)4;2*3-1(4)2(5)6/h27,29,33H,5-26,28H2,1-4H3;2*(H,3,4)(H,5,6). The molecular weight excluding hydrogens is 634 g/mol. The Morgan fingerprint density at radius 2 is 1.10 bits per heavy atom. The zero-order chi connectivity index (χ0) is 37.3. The van der Waals surface area contributed by atoms with E-state index >= 15 is 0 Å². The van der Waals surface area contributed by atoms with E-state index in [9.17, 15) is 4.79 Å². The molecule has 0 unspecified atom stereocenters. The number of aromatic nitrogens is 1. The predicted molar refractivity (Wildman–Crippen MR) is 191 cm³/mol. The number of carboxylic acids is 4. The number of hydrogen-bond acceptors (Lipinski definition) is 8.